The van der Waals surface area contributed by atoms with Crippen molar-refractivity contribution in [1.82, 2.24) is 4.90 Å². The predicted molar refractivity (Wildman–Crippen MR) is 85.6 cm³/mol. The van der Waals surface area contributed by atoms with Crippen molar-refractivity contribution in [3.05, 3.63) is 11.6 Å². The lowest BCUT2D eigenvalue weighted by Crippen LogP contribution is -2.50. The molecule has 2 fully saturated rings. The molecule has 0 bridgehead atoms. The number of hydrogen-bond acceptors (Lipinski definition) is 3. The Balaban J connectivity index is 1.61. The van der Waals surface area contributed by atoms with E-state index in [9.17, 15) is 4.79 Å². The van der Waals surface area contributed by atoms with Crippen LogP contribution in [0.2, 0.25) is 0 Å². The highest BCUT2D eigenvalue weighted by Crippen LogP contribution is 2.45. The molecule has 0 saturated carbocycles. The number of ether oxygens (including phenoxy) is 2. The highest BCUT2D eigenvalue weighted by molar-refractivity contribution is 5.93. The van der Waals surface area contributed by atoms with E-state index in [0.717, 1.165) is 70.6 Å². The van der Waals surface area contributed by atoms with Gasteiger partial charge in [-0.05, 0) is 50.4 Å². The van der Waals surface area contributed by atoms with E-state index < -0.39 is 0 Å². The smallest absolute Gasteiger partial charge is 0.249 e. The molecule has 0 aromatic rings. The highest BCUT2D eigenvalue weighted by Gasteiger charge is 2.44. The van der Waals surface area contributed by atoms with Crippen molar-refractivity contribution in [1.29, 1.82) is 0 Å². The Labute approximate surface area is 133 Å². The maximum atomic E-state index is 12.6. The molecule has 22 heavy (non-hydrogen) atoms. The number of piperidine rings is 1. The minimum Gasteiger partial charge on any atom is -0.384 e. The van der Waals surface area contributed by atoms with Crippen molar-refractivity contribution in [3.63, 3.8) is 0 Å². The second kappa shape index (κ2) is 7.14. The number of methoxy groups -OCH3 is 1. The number of carbonyl (C=O) groups is 1. The van der Waals surface area contributed by atoms with Gasteiger partial charge in [-0.1, -0.05) is 6.08 Å². The summed E-state index contributed by atoms with van der Waals surface area (Å²) in [6, 6.07) is 0. The summed E-state index contributed by atoms with van der Waals surface area (Å²) in [5.74, 6) is 0.780. The number of likely N-dealkylation sites (tertiary alicyclic amines) is 1. The molecular formula is C18H29NO3. The Bertz CT molecular complexity index is 422. The lowest BCUT2D eigenvalue weighted by molar-refractivity contribution is -0.134. The van der Waals surface area contributed by atoms with Gasteiger partial charge in [0.2, 0.25) is 5.91 Å². The van der Waals surface area contributed by atoms with Crippen LogP contribution in [0.25, 0.3) is 0 Å². The van der Waals surface area contributed by atoms with Gasteiger partial charge in [0, 0.05) is 38.3 Å². The molecule has 0 radical (unpaired) electrons. The number of amides is 1. The summed E-state index contributed by atoms with van der Waals surface area (Å²) >= 11 is 0. The second-order valence-corrected chi connectivity index (χ2v) is 7.11. The minimum atomic E-state index is 0.296. The van der Waals surface area contributed by atoms with Crippen LogP contribution < -0.4 is 0 Å². The maximum Gasteiger partial charge on any atom is 0.249 e. The fourth-order valence-electron chi connectivity index (χ4n) is 4.36. The quantitative estimate of drug-likeness (QED) is 0.805. The first kappa shape index (κ1) is 16.0. The highest BCUT2D eigenvalue weighted by atomic mass is 16.5. The van der Waals surface area contributed by atoms with E-state index in [1.165, 1.54) is 12.8 Å². The average molecular weight is 307 g/mol. The van der Waals surface area contributed by atoms with E-state index in [-0.39, 0.29) is 0 Å². The Morgan fingerprint density at radius 1 is 1.36 bits per heavy atom. The van der Waals surface area contributed by atoms with E-state index in [4.69, 9.17) is 9.47 Å². The number of nitrogens with zero attached hydrogens (tertiary/aromatic N) is 1. The van der Waals surface area contributed by atoms with Crippen LogP contribution in [0.15, 0.2) is 11.6 Å². The number of rotatable bonds is 3. The van der Waals surface area contributed by atoms with Crippen molar-refractivity contribution in [2.24, 2.45) is 11.3 Å². The normalized spacial score (nSPS) is 28.5. The largest absolute Gasteiger partial charge is 0.384 e. The van der Waals surface area contributed by atoms with Gasteiger partial charge in [0.1, 0.15) is 0 Å². The van der Waals surface area contributed by atoms with Crippen molar-refractivity contribution < 1.29 is 14.3 Å². The van der Waals surface area contributed by atoms with Crippen LogP contribution in [0.5, 0.6) is 0 Å². The van der Waals surface area contributed by atoms with Gasteiger partial charge < -0.3 is 14.4 Å². The Morgan fingerprint density at radius 3 is 2.86 bits per heavy atom. The van der Waals surface area contributed by atoms with Crippen LogP contribution in [0, 0.1) is 11.3 Å². The number of allylic oxidation sites excluding steroid dienone is 1. The maximum absolute atomic E-state index is 12.6. The molecular weight excluding hydrogens is 278 g/mol. The Hall–Kier alpha value is -0.870. The molecule has 0 unspecified atom stereocenters. The van der Waals surface area contributed by atoms with Crippen molar-refractivity contribution in [3.8, 4) is 0 Å². The lowest BCUT2D eigenvalue weighted by atomic mass is 9.66. The molecule has 1 spiro atoms. The first-order valence-corrected chi connectivity index (χ1v) is 8.80. The number of carbonyl (C=O) groups excluding carboxylic acids is 1. The molecule has 1 amide bonds. The lowest BCUT2D eigenvalue weighted by Gasteiger charge is -2.49. The zero-order valence-corrected chi connectivity index (χ0v) is 13.8. The third-order valence-corrected chi connectivity index (χ3v) is 5.91. The molecule has 1 aliphatic carbocycles. The molecule has 0 aromatic heterocycles. The van der Waals surface area contributed by atoms with Crippen molar-refractivity contribution in [2.75, 3.05) is 40.0 Å². The van der Waals surface area contributed by atoms with Gasteiger partial charge in [0.15, 0.2) is 0 Å². The zero-order chi connectivity index (χ0) is 15.4. The zero-order valence-electron chi connectivity index (χ0n) is 13.8. The topological polar surface area (TPSA) is 38.8 Å². The summed E-state index contributed by atoms with van der Waals surface area (Å²) in [6.45, 7) is 4.25. The van der Waals surface area contributed by atoms with Crippen molar-refractivity contribution in [2.45, 2.75) is 44.9 Å². The van der Waals surface area contributed by atoms with Crippen LogP contribution in [-0.4, -0.2) is 50.8 Å². The summed E-state index contributed by atoms with van der Waals surface area (Å²) in [7, 11) is 1.77. The van der Waals surface area contributed by atoms with Gasteiger partial charge in [-0.3, -0.25) is 4.79 Å². The molecule has 0 aromatic carbocycles. The van der Waals surface area contributed by atoms with Crippen LogP contribution in [0.4, 0.5) is 0 Å². The summed E-state index contributed by atoms with van der Waals surface area (Å²) in [6.07, 6.45) is 9.94. The van der Waals surface area contributed by atoms with E-state index in [1.807, 2.05) is 0 Å². The number of hydrogen-bond donors (Lipinski definition) is 0. The molecule has 0 N–H and O–H groups in total. The molecule has 4 nitrogen and oxygen atoms in total. The van der Waals surface area contributed by atoms with Gasteiger partial charge in [0.25, 0.3) is 0 Å². The first-order valence-electron chi connectivity index (χ1n) is 8.80. The first-order chi connectivity index (χ1) is 10.7. The summed E-state index contributed by atoms with van der Waals surface area (Å²) in [5, 5.41) is 0. The minimum absolute atomic E-state index is 0.296. The molecule has 4 heteroatoms. The van der Waals surface area contributed by atoms with E-state index in [0.29, 0.717) is 17.2 Å². The monoisotopic (exact) mass is 307 g/mol. The molecule has 2 heterocycles. The third kappa shape index (κ3) is 3.23. The Morgan fingerprint density at radius 2 is 2.18 bits per heavy atom. The summed E-state index contributed by atoms with van der Waals surface area (Å²) in [4.78, 5) is 14.7. The molecule has 3 rings (SSSR count). The Kier molecular flexibility index (Phi) is 5.19. The molecule has 3 aliphatic rings. The van der Waals surface area contributed by atoms with Gasteiger partial charge >= 0.3 is 0 Å². The summed E-state index contributed by atoms with van der Waals surface area (Å²) < 4.78 is 11.1. The average Bonchev–Trinajstić information content (AvgIpc) is 2.58. The fraction of sp³-hybridized carbons (Fsp3) is 0.833. The molecule has 2 saturated heterocycles. The van der Waals surface area contributed by atoms with Crippen LogP contribution in [0.1, 0.15) is 44.9 Å². The van der Waals surface area contributed by atoms with E-state index >= 15 is 0 Å². The fourth-order valence-corrected chi connectivity index (χ4v) is 4.36. The molecule has 124 valence electrons. The van der Waals surface area contributed by atoms with Crippen molar-refractivity contribution >= 4 is 5.91 Å². The van der Waals surface area contributed by atoms with Gasteiger partial charge in [-0.2, -0.15) is 0 Å². The second-order valence-electron chi connectivity index (χ2n) is 7.11. The predicted octanol–water partition coefficient (Wildman–Crippen LogP) is 2.78. The summed E-state index contributed by atoms with van der Waals surface area (Å²) in [5.41, 5.74) is 1.38. The van der Waals surface area contributed by atoms with Crippen LogP contribution >= 0.6 is 0 Å². The van der Waals surface area contributed by atoms with Crippen LogP contribution in [-0.2, 0) is 14.3 Å². The molecule has 2 aliphatic heterocycles. The van der Waals surface area contributed by atoms with E-state index in [2.05, 4.69) is 11.0 Å². The SMILES string of the molecule is COC[C@@H]1COCCC12CCN(C(=O)C1=CCCCC1)CC2. The molecule has 1 atom stereocenters. The van der Waals surface area contributed by atoms with Crippen LogP contribution in [0.3, 0.4) is 0 Å². The van der Waals surface area contributed by atoms with Gasteiger partial charge in [-0.15, -0.1) is 0 Å². The van der Waals surface area contributed by atoms with E-state index in [1.54, 1.807) is 7.11 Å². The third-order valence-electron chi connectivity index (χ3n) is 5.91. The standard InChI is InChI=1S/C18H29NO3/c1-21-13-16-14-22-12-9-18(16)7-10-19(11-8-18)17(20)15-5-3-2-4-6-15/h5,16H,2-4,6-14H2,1H3/t16-/m1/s1. The van der Waals surface area contributed by atoms with Gasteiger partial charge in [-0.25, -0.2) is 0 Å². The van der Waals surface area contributed by atoms with Gasteiger partial charge in [0.05, 0.1) is 13.2 Å².